The fraction of sp³-hybridized carbons (Fsp3) is 0.825. The predicted octanol–water partition coefficient (Wildman–Crippen LogP) is 8.02. The molecule has 3 unspecified atom stereocenters. The molecule has 3 aliphatic rings. The first kappa shape index (κ1) is 39.1. The highest BCUT2D eigenvalue weighted by Crippen LogP contribution is 2.67. The van der Waals surface area contributed by atoms with Crippen molar-refractivity contribution in [3.63, 3.8) is 0 Å². The Labute approximate surface area is 280 Å². The van der Waals surface area contributed by atoms with E-state index in [9.17, 15) is 25.2 Å². The molecule has 0 spiro atoms. The number of aliphatic hydroxyl groups excluding tert-OH is 3. The van der Waals surface area contributed by atoms with Gasteiger partial charge in [0.05, 0.1) is 30.0 Å². The highest BCUT2D eigenvalue weighted by Gasteiger charge is 2.76. The molecule has 8 atom stereocenters. The van der Waals surface area contributed by atoms with Crippen molar-refractivity contribution in [1.29, 1.82) is 0 Å². The standard InChI is InChI=1S/C40H68O6/c1-28(15-12-17-30(3)34(44)26-40-37(6,7)23-33(43)25-39(40,9)46-40)14-10-11-18-31(27-41)19-13-16-29(2)20-21-35-36(4,5)22-32(42)24-38(35,8)45/h13,16,19,28,30,32-33,35,41-43,45H,2,10-12,14-15,17-18,20-27H2,1,3-9H3/b16-13+,31-19+/t28?,30?,32-,33-,35?,38+,39+,40-/m0/s1. The molecule has 3 fully saturated rings. The SMILES string of the molecule is C=C(/C=C/C=C(/CO)CCCCC(C)CCCC(C)C(=O)C[C@@]12O[C@]1(C)C[C@@H](O)CC2(C)C)CCC1C(C)(C)C[C@H](O)C[C@@]1(C)O. The summed E-state index contributed by atoms with van der Waals surface area (Å²) in [4.78, 5) is 13.2. The lowest BCUT2D eigenvalue weighted by Crippen LogP contribution is -2.51. The summed E-state index contributed by atoms with van der Waals surface area (Å²) in [6, 6.07) is 0. The predicted molar refractivity (Wildman–Crippen MR) is 187 cm³/mol. The highest BCUT2D eigenvalue weighted by atomic mass is 16.6. The van der Waals surface area contributed by atoms with Gasteiger partial charge < -0.3 is 25.2 Å². The number of ketones is 1. The molecule has 3 rings (SSSR count). The lowest BCUT2D eigenvalue weighted by atomic mass is 9.59. The monoisotopic (exact) mass is 645 g/mol. The Morgan fingerprint density at radius 2 is 1.57 bits per heavy atom. The van der Waals surface area contributed by atoms with Crippen LogP contribution in [0.15, 0.2) is 36.0 Å². The largest absolute Gasteiger partial charge is 0.393 e. The molecular weight excluding hydrogens is 576 g/mol. The van der Waals surface area contributed by atoms with Gasteiger partial charge in [-0.3, -0.25) is 4.79 Å². The third kappa shape index (κ3) is 9.65. The second-order valence-electron chi connectivity index (χ2n) is 17.4. The summed E-state index contributed by atoms with van der Waals surface area (Å²) in [6.07, 6.45) is 17.0. The van der Waals surface area contributed by atoms with Crippen molar-refractivity contribution in [2.24, 2.45) is 28.6 Å². The molecular formula is C40H68O6. The van der Waals surface area contributed by atoms with Crippen LogP contribution in [0.2, 0.25) is 0 Å². The van der Waals surface area contributed by atoms with Gasteiger partial charge in [0, 0.05) is 25.2 Å². The number of carbonyl (C=O) groups is 1. The van der Waals surface area contributed by atoms with Crippen LogP contribution in [0.25, 0.3) is 0 Å². The van der Waals surface area contributed by atoms with E-state index in [2.05, 4.69) is 55.0 Å². The minimum atomic E-state index is -0.878. The van der Waals surface area contributed by atoms with Gasteiger partial charge in [-0.1, -0.05) is 97.6 Å². The van der Waals surface area contributed by atoms with Crippen LogP contribution < -0.4 is 0 Å². The van der Waals surface area contributed by atoms with E-state index in [1.54, 1.807) is 0 Å². The van der Waals surface area contributed by atoms with Crippen molar-refractivity contribution in [2.45, 2.75) is 174 Å². The smallest absolute Gasteiger partial charge is 0.138 e. The Morgan fingerprint density at radius 1 is 0.913 bits per heavy atom. The molecule has 1 saturated heterocycles. The number of rotatable bonds is 18. The lowest BCUT2D eigenvalue weighted by molar-refractivity contribution is -0.132. The molecule has 46 heavy (non-hydrogen) atoms. The summed E-state index contributed by atoms with van der Waals surface area (Å²) in [6.45, 7) is 21.1. The van der Waals surface area contributed by atoms with E-state index in [4.69, 9.17) is 4.74 Å². The van der Waals surface area contributed by atoms with Crippen LogP contribution >= 0.6 is 0 Å². The van der Waals surface area contributed by atoms with Crippen molar-refractivity contribution in [3.8, 4) is 0 Å². The quantitative estimate of drug-likeness (QED) is 0.0684. The molecule has 6 heteroatoms. The molecule has 4 N–H and O–H groups in total. The van der Waals surface area contributed by atoms with E-state index >= 15 is 0 Å². The number of allylic oxidation sites excluding steroid dienone is 4. The minimum Gasteiger partial charge on any atom is -0.393 e. The van der Waals surface area contributed by atoms with Gasteiger partial charge in [-0.25, -0.2) is 0 Å². The zero-order chi connectivity index (χ0) is 34.6. The zero-order valence-electron chi connectivity index (χ0n) is 30.5. The molecule has 6 nitrogen and oxygen atoms in total. The van der Waals surface area contributed by atoms with Crippen LogP contribution in [0.4, 0.5) is 0 Å². The fourth-order valence-electron chi connectivity index (χ4n) is 9.43. The summed E-state index contributed by atoms with van der Waals surface area (Å²) in [5, 5.41) is 41.3. The van der Waals surface area contributed by atoms with E-state index in [1.165, 1.54) is 0 Å². The van der Waals surface area contributed by atoms with Crippen LogP contribution in [0, 0.1) is 28.6 Å². The number of hydrogen-bond donors (Lipinski definition) is 4. The van der Waals surface area contributed by atoms with Crippen molar-refractivity contribution < 1.29 is 30.0 Å². The average molecular weight is 645 g/mol. The summed E-state index contributed by atoms with van der Waals surface area (Å²) < 4.78 is 6.24. The van der Waals surface area contributed by atoms with E-state index in [1.807, 2.05) is 25.2 Å². The molecule has 264 valence electrons. The number of hydrogen-bond acceptors (Lipinski definition) is 6. The van der Waals surface area contributed by atoms with Crippen LogP contribution in [-0.2, 0) is 9.53 Å². The third-order valence-electron chi connectivity index (χ3n) is 12.2. The van der Waals surface area contributed by atoms with Gasteiger partial charge >= 0.3 is 0 Å². The Hall–Kier alpha value is -1.31. The number of ether oxygens (including phenoxy) is 1. The Morgan fingerprint density at radius 3 is 2.20 bits per heavy atom. The van der Waals surface area contributed by atoms with E-state index in [-0.39, 0.29) is 41.0 Å². The van der Waals surface area contributed by atoms with E-state index in [0.29, 0.717) is 43.8 Å². The number of unbranched alkanes of at least 4 members (excludes halogenated alkanes) is 1. The highest BCUT2D eigenvalue weighted by molar-refractivity contribution is 5.82. The Kier molecular flexibility index (Phi) is 13.2. The molecule has 1 heterocycles. The summed E-state index contributed by atoms with van der Waals surface area (Å²) >= 11 is 0. The van der Waals surface area contributed by atoms with Crippen LogP contribution in [-0.4, -0.2) is 61.8 Å². The topological polar surface area (TPSA) is 111 Å². The first-order chi connectivity index (χ1) is 21.3. The van der Waals surface area contributed by atoms with Gasteiger partial charge in [0.2, 0.25) is 0 Å². The molecule has 0 bridgehead atoms. The van der Waals surface area contributed by atoms with Crippen LogP contribution in [0.5, 0.6) is 0 Å². The maximum atomic E-state index is 13.2. The van der Waals surface area contributed by atoms with Gasteiger partial charge in [0.15, 0.2) is 0 Å². The first-order valence-electron chi connectivity index (χ1n) is 18.2. The number of epoxide rings is 1. The van der Waals surface area contributed by atoms with Crippen molar-refractivity contribution in [1.82, 2.24) is 0 Å². The first-order valence-corrected chi connectivity index (χ1v) is 18.2. The zero-order valence-corrected chi connectivity index (χ0v) is 30.5. The van der Waals surface area contributed by atoms with E-state index in [0.717, 1.165) is 68.9 Å². The molecule has 0 amide bonds. The fourth-order valence-corrected chi connectivity index (χ4v) is 9.43. The molecule has 0 aromatic rings. The maximum absolute atomic E-state index is 13.2. The maximum Gasteiger partial charge on any atom is 0.138 e. The summed E-state index contributed by atoms with van der Waals surface area (Å²) in [7, 11) is 0. The Bertz CT molecular complexity index is 1080. The van der Waals surface area contributed by atoms with Gasteiger partial charge in [-0.05, 0) is 87.0 Å². The van der Waals surface area contributed by atoms with Crippen LogP contribution in [0.1, 0.15) is 145 Å². The van der Waals surface area contributed by atoms with Crippen molar-refractivity contribution in [2.75, 3.05) is 6.61 Å². The molecule has 0 aromatic carbocycles. The number of carbonyl (C=O) groups excluding carboxylic acids is 1. The van der Waals surface area contributed by atoms with Gasteiger partial charge in [0.1, 0.15) is 11.4 Å². The summed E-state index contributed by atoms with van der Waals surface area (Å²) in [5.41, 5.74) is 0.0184. The summed E-state index contributed by atoms with van der Waals surface area (Å²) in [5.74, 6) is 1.04. The molecule has 2 aliphatic carbocycles. The van der Waals surface area contributed by atoms with Crippen LogP contribution in [0.3, 0.4) is 0 Å². The molecule has 0 radical (unpaired) electrons. The van der Waals surface area contributed by atoms with E-state index < -0.39 is 17.3 Å². The number of aliphatic hydroxyl groups is 4. The number of fused-ring (bicyclic) bond motifs is 1. The Balaban J connectivity index is 1.31. The number of Topliss-reactive ketones (excluding diaryl/α,β-unsaturated/α-hetero) is 1. The second-order valence-corrected chi connectivity index (χ2v) is 17.4. The van der Waals surface area contributed by atoms with Gasteiger partial charge in [-0.2, -0.15) is 0 Å². The lowest BCUT2D eigenvalue weighted by Gasteiger charge is -2.50. The van der Waals surface area contributed by atoms with Gasteiger partial charge in [-0.15, -0.1) is 0 Å². The molecule has 1 aliphatic heterocycles. The third-order valence-corrected chi connectivity index (χ3v) is 12.2. The van der Waals surface area contributed by atoms with Crippen molar-refractivity contribution >= 4 is 5.78 Å². The normalized spacial score (nSPS) is 35.0. The molecule has 2 saturated carbocycles. The van der Waals surface area contributed by atoms with Crippen molar-refractivity contribution in [3.05, 3.63) is 36.0 Å². The van der Waals surface area contributed by atoms with Gasteiger partial charge in [0.25, 0.3) is 0 Å². The average Bonchev–Trinajstić information content (AvgIpc) is 3.52. The minimum absolute atomic E-state index is 0.0297. The second kappa shape index (κ2) is 15.5. The molecule has 0 aromatic heterocycles.